The number of pyridine rings is 1. The highest BCUT2D eigenvalue weighted by Crippen LogP contribution is 2.25. The highest BCUT2D eigenvalue weighted by Gasteiger charge is 2.14. The van der Waals surface area contributed by atoms with Crippen molar-refractivity contribution in [2.45, 2.75) is 6.92 Å². The van der Waals surface area contributed by atoms with Crippen LogP contribution in [0.4, 0.5) is 11.4 Å². The number of hydrogen-bond acceptors (Lipinski definition) is 4. The van der Waals surface area contributed by atoms with Gasteiger partial charge in [0.25, 0.3) is 5.91 Å². The number of methoxy groups -OCH3 is 1. The van der Waals surface area contributed by atoms with Crippen molar-refractivity contribution in [3.05, 3.63) is 59.8 Å². The second-order valence-electron chi connectivity index (χ2n) is 5.24. The Bertz CT molecular complexity index is 891. The molecule has 5 nitrogen and oxygen atoms in total. The number of carbonyl (C=O) groups excluding carboxylic acids is 1. The van der Waals surface area contributed by atoms with E-state index in [0.29, 0.717) is 22.7 Å². The molecule has 0 saturated heterocycles. The highest BCUT2D eigenvalue weighted by atomic mass is 16.5. The van der Waals surface area contributed by atoms with Gasteiger partial charge in [0.15, 0.2) is 0 Å². The minimum absolute atomic E-state index is 0.230. The molecule has 0 radical (unpaired) electrons. The summed E-state index contributed by atoms with van der Waals surface area (Å²) in [5.41, 5.74) is 9.05. The Morgan fingerprint density at radius 3 is 2.70 bits per heavy atom. The van der Waals surface area contributed by atoms with E-state index >= 15 is 0 Å². The fraction of sp³-hybridized carbons (Fsp3) is 0.111. The minimum atomic E-state index is -0.230. The number of nitrogens with zero attached hydrogens (tertiary/aromatic N) is 1. The molecular formula is C18H17N3O2. The summed E-state index contributed by atoms with van der Waals surface area (Å²) in [4.78, 5) is 17.2. The number of nitrogens with one attached hydrogen (secondary N) is 1. The van der Waals surface area contributed by atoms with E-state index in [2.05, 4.69) is 10.3 Å². The second kappa shape index (κ2) is 5.96. The van der Waals surface area contributed by atoms with Gasteiger partial charge in [0.2, 0.25) is 0 Å². The number of carbonyl (C=O) groups is 1. The largest absolute Gasteiger partial charge is 0.497 e. The third-order valence-corrected chi connectivity index (χ3v) is 3.60. The van der Waals surface area contributed by atoms with E-state index in [9.17, 15) is 4.79 Å². The van der Waals surface area contributed by atoms with E-state index in [1.54, 1.807) is 25.3 Å². The number of rotatable bonds is 3. The number of anilines is 2. The molecule has 23 heavy (non-hydrogen) atoms. The number of ether oxygens (including phenoxy) is 1. The average Bonchev–Trinajstić information content (AvgIpc) is 2.55. The first-order valence-corrected chi connectivity index (χ1v) is 7.20. The van der Waals surface area contributed by atoms with Gasteiger partial charge in [0.05, 0.1) is 29.6 Å². The van der Waals surface area contributed by atoms with Crippen molar-refractivity contribution in [2.24, 2.45) is 0 Å². The summed E-state index contributed by atoms with van der Waals surface area (Å²) >= 11 is 0. The zero-order chi connectivity index (χ0) is 16.4. The molecule has 0 saturated carbocycles. The van der Waals surface area contributed by atoms with Crippen LogP contribution >= 0.6 is 0 Å². The van der Waals surface area contributed by atoms with Gasteiger partial charge in [-0.25, -0.2) is 0 Å². The smallest absolute Gasteiger partial charge is 0.256 e. The molecule has 0 fully saturated rings. The molecule has 116 valence electrons. The molecule has 5 heteroatoms. The van der Waals surface area contributed by atoms with Crippen LogP contribution in [-0.4, -0.2) is 18.0 Å². The molecule has 1 heterocycles. The Balaban J connectivity index is 2.07. The van der Waals surface area contributed by atoms with Crippen LogP contribution in [0.2, 0.25) is 0 Å². The van der Waals surface area contributed by atoms with Crippen molar-refractivity contribution in [3.63, 3.8) is 0 Å². The number of nitrogens with two attached hydrogens (primary N) is 1. The first-order valence-electron chi connectivity index (χ1n) is 7.20. The average molecular weight is 307 g/mol. The molecule has 0 aliphatic carbocycles. The summed E-state index contributed by atoms with van der Waals surface area (Å²) < 4.78 is 5.25. The number of benzene rings is 2. The molecule has 0 spiro atoms. The molecule has 3 aromatic rings. The van der Waals surface area contributed by atoms with Crippen LogP contribution in [0, 0.1) is 6.92 Å². The van der Waals surface area contributed by atoms with Gasteiger partial charge in [-0.05, 0) is 43.3 Å². The number of hydrogen-bond donors (Lipinski definition) is 2. The topological polar surface area (TPSA) is 77.2 Å². The summed E-state index contributed by atoms with van der Waals surface area (Å²) in [5, 5.41) is 3.59. The molecule has 0 aliphatic heterocycles. The van der Waals surface area contributed by atoms with Gasteiger partial charge in [-0.15, -0.1) is 0 Å². The van der Waals surface area contributed by atoms with Gasteiger partial charge >= 0.3 is 0 Å². The first-order chi connectivity index (χ1) is 11.1. The molecule has 3 N–H and O–H groups in total. The molecule has 0 unspecified atom stereocenters. The van der Waals surface area contributed by atoms with Crippen molar-refractivity contribution in [1.29, 1.82) is 0 Å². The van der Waals surface area contributed by atoms with Crippen LogP contribution in [0.3, 0.4) is 0 Å². The van der Waals surface area contributed by atoms with Crippen LogP contribution in [-0.2, 0) is 0 Å². The first kappa shape index (κ1) is 14.8. The lowest BCUT2D eigenvalue weighted by Crippen LogP contribution is -2.14. The van der Waals surface area contributed by atoms with E-state index in [0.717, 1.165) is 16.6 Å². The summed E-state index contributed by atoms with van der Waals surface area (Å²) in [6, 6.07) is 14.4. The normalized spacial score (nSPS) is 10.5. The molecule has 0 bridgehead atoms. The Hall–Kier alpha value is -3.08. The zero-order valence-electron chi connectivity index (χ0n) is 13.0. The SMILES string of the molecule is COc1ccc2nc(C)cc(C(=O)Nc3ccccc3N)c2c1. The Morgan fingerprint density at radius 1 is 1.17 bits per heavy atom. The Kier molecular flexibility index (Phi) is 3.85. The lowest BCUT2D eigenvalue weighted by Gasteiger charge is -2.11. The fourth-order valence-corrected chi connectivity index (χ4v) is 2.45. The zero-order valence-corrected chi connectivity index (χ0v) is 13.0. The van der Waals surface area contributed by atoms with Crippen LogP contribution in [0.1, 0.15) is 16.1 Å². The fourth-order valence-electron chi connectivity index (χ4n) is 2.45. The van der Waals surface area contributed by atoms with Crippen molar-refractivity contribution in [3.8, 4) is 5.75 Å². The molecular weight excluding hydrogens is 290 g/mol. The second-order valence-corrected chi connectivity index (χ2v) is 5.24. The maximum atomic E-state index is 12.7. The lowest BCUT2D eigenvalue weighted by molar-refractivity contribution is 0.102. The van der Waals surface area contributed by atoms with Gasteiger partial charge in [-0.1, -0.05) is 12.1 Å². The molecule has 0 aliphatic rings. The van der Waals surface area contributed by atoms with Gasteiger partial charge in [0, 0.05) is 11.1 Å². The van der Waals surface area contributed by atoms with Gasteiger partial charge in [0.1, 0.15) is 5.75 Å². The Labute approximate surface area is 134 Å². The summed E-state index contributed by atoms with van der Waals surface area (Å²) in [6.45, 7) is 1.86. The highest BCUT2D eigenvalue weighted by molar-refractivity contribution is 6.13. The molecule has 1 amide bonds. The van der Waals surface area contributed by atoms with Crippen LogP contribution in [0.15, 0.2) is 48.5 Å². The predicted octanol–water partition coefficient (Wildman–Crippen LogP) is 3.39. The molecule has 2 aromatic carbocycles. The monoisotopic (exact) mass is 307 g/mol. The third kappa shape index (κ3) is 2.94. The summed E-state index contributed by atoms with van der Waals surface area (Å²) in [7, 11) is 1.59. The van der Waals surface area contributed by atoms with Crippen molar-refractivity contribution in [1.82, 2.24) is 4.98 Å². The molecule has 3 rings (SSSR count). The quantitative estimate of drug-likeness (QED) is 0.727. The number of aromatic nitrogens is 1. The van der Waals surface area contributed by atoms with Gasteiger partial charge in [-0.2, -0.15) is 0 Å². The lowest BCUT2D eigenvalue weighted by atomic mass is 10.1. The Morgan fingerprint density at radius 2 is 1.96 bits per heavy atom. The molecule has 0 atom stereocenters. The van der Waals surface area contributed by atoms with Crippen molar-refractivity contribution in [2.75, 3.05) is 18.2 Å². The summed E-state index contributed by atoms with van der Waals surface area (Å²) in [5.74, 6) is 0.447. The van der Waals surface area contributed by atoms with Gasteiger partial charge < -0.3 is 15.8 Å². The van der Waals surface area contributed by atoms with Gasteiger partial charge in [-0.3, -0.25) is 9.78 Å². The summed E-state index contributed by atoms with van der Waals surface area (Å²) in [6.07, 6.45) is 0. The van der Waals surface area contributed by atoms with Crippen LogP contribution < -0.4 is 15.8 Å². The third-order valence-electron chi connectivity index (χ3n) is 3.60. The standard InChI is InChI=1S/C18H17N3O2/c1-11-9-14(13-10-12(23-2)7-8-16(13)20-11)18(22)21-17-6-4-3-5-15(17)19/h3-10H,19H2,1-2H3,(H,21,22). The number of para-hydroxylation sites is 2. The van der Waals surface area contributed by atoms with E-state index in [4.69, 9.17) is 10.5 Å². The molecule has 1 aromatic heterocycles. The van der Waals surface area contributed by atoms with Crippen molar-refractivity contribution >= 4 is 28.2 Å². The number of fused-ring (bicyclic) bond motifs is 1. The number of amides is 1. The number of aryl methyl sites for hydroxylation is 1. The van der Waals surface area contributed by atoms with E-state index in [1.807, 2.05) is 37.3 Å². The minimum Gasteiger partial charge on any atom is -0.497 e. The van der Waals surface area contributed by atoms with Crippen molar-refractivity contribution < 1.29 is 9.53 Å². The predicted molar refractivity (Wildman–Crippen MR) is 91.8 cm³/mol. The van der Waals surface area contributed by atoms with E-state index in [-0.39, 0.29) is 5.91 Å². The maximum absolute atomic E-state index is 12.7. The van der Waals surface area contributed by atoms with E-state index in [1.165, 1.54) is 0 Å². The van der Waals surface area contributed by atoms with Crippen LogP contribution in [0.5, 0.6) is 5.75 Å². The van der Waals surface area contributed by atoms with E-state index < -0.39 is 0 Å². The number of nitrogen functional groups attached to an aromatic ring is 1. The van der Waals surface area contributed by atoms with Crippen LogP contribution in [0.25, 0.3) is 10.9 Å². The maximum Gasteiger partial charge on any atom is 0.256 e.